The molecule has 0 aliphatic carbocycles. The van der Waals surface area contributed by atoms with E-state index in [1.54, 1.807) is 36.0 Å². The van der Waals surface area contributed by atoms with E-state index in [9.17, 15) is 9.59 Å². The van der Waals surface area contributed by atoms with Crippen molar-refractivity contribution >= 4 is 35.0 Å². The molecule has 0 saturated carbocycles. The highest BCUT2D eigenvalue weighted by Crippen LogP contribution is 2.20. The molecule has 0 radical (unpaired) electrons. The normalized spacial score (nSPS) is 16.4. The fourth-order valence-corrected chi connectivity index (χ4v) is 3.11. The Morgan fingerprint density at radius 2 is 1.84 bits per heavy atom. The van der Waals surface area contributed by atoms with Gasteiger partial charge in [-0.15, -0.1) is 11.8 Å². The molecule has 1 atom stereocenters. The first-order chi connectivity index (χ1) is 12.2. The molecule has 1 saturated heterocycles. The van der Waals surface area contributed by atoms with E-state index < -0.39 is 6.10 Å². The molecule has 3 rings (SSSR count). The van der Waals surface area contributed by atoms with Gasteiger partial charge in [0.15, 0.2) is 0 Å². The third-order valence-electron chi connectivity index (χ3n) is 3.94. The number of carbonyl (C=O) groups is 2. The fraction of sp³-hybridized carbons (Fsp3) is 0.263. The maximum absolute atomic E-state index is 12.5. The topological polar surface area (TPSA) is 67.4 Å². The Balaban J connectivity index is 1.67. The van der Waals surface area contributed by atoms with Crippen LogP contribution in [0.25, 0.3) is 0 Å². The van der Waals surface area contributed by atoms with Gasteiger partial charge in [-0.25, -0.2) is 0 Å². The molecule has 1 unspecified atom stereocenters. The van der Waals surface area contributed by atoms with Crippen LogP contribution in [0.3, 0.4) is 0 Å². The van der Waals surface area contributed by atoms with Crippen molar-refractivity contribution in [2.45, 2.75) is 23.8 Å². The van der Waals surface area contributed by atoms with Gasteiger partial charge >= 0.3 is 0 Å². The number of benzene rings is 2. The van der Waals surface area contributed by atoms with Crippen molar-refractivity contribution in [3.05, 3.63) is 54.1 Å². The quantitative estimate of drug-likeness (QED) is 0.800. The Labute approximate surface area is 151 Å². The summed E-state index contributed by atoms with van der Waals surface area (Å²) in [6.45, 7) is 0.621. The third-order valence-corrected chi connectivity index (χ3v) is 4.67. The average molecular weight is 356 g/mol. The van der Waals surface area contributed by atoms with Gasteiger partial charge < -0.3 is 15.4 Å². The lowest BCUT2D eigenvalue weighted by molar-refractivity contribution is -0.124. The molecule has 130 valence electrons. The SMILES string of the molecule is CSc1cccc(NC(=O)c2cccc(NC(=O)C3CCCO3)c2)c1. The zero-order valence-corrected chi connectivity index (χ0v) is 14.8. The molecular weight excluding hydrogens is 336 g/mol. The van der Waals surface area contributed by atoms with Crippen molar-refractivity contribution in [1.29, 1.82) is 0 Å². The van der Waals surface area contributed by atoms with E-state index in [0.29, 0.717) is 17.9 Å². The highest BCUT2D eigenvalue weighted by atomic mass is 32.2. The Hall–Kier alpha value is -2.31. The highest BCUT2D eigenvalue weighted by Gasteiger charge is 2.23. The van der Waals surface area contributed by atoms with E-state index in [1.165, 1.54) is 0 Å². The van der Waals surface area contributed by atoms with Crippen LogP contribution in [-0.4, -0.2) is 30.8 Å². The number of nitrogens with one attached hydrogen (secondary N) is 2. The molecule has 1 heterocycles. The van der Waals surface area contributed by atoms with Gasteiger partial charge in [-0.3, -0.25) is 9.59 Å². The molecule has 2 N–H and O–H groups in total. The van der Waals surface area contributed by atoms with Gasteiger partial charge in [-0.1, -0.05) is 12.1 Å². The van der Waals surface area contributed by atoms with Gasteiger partial charge in [0.1, 0.15) is 6.10 Å². The third kappa shape index (κ3) is 4.61. The number of hydrogen-bond acceptors (Lipinski definition) is 4. The van der Waals surface area contributed by atoms with Crippen LogP contribution in [0.15, 0.2) is 53.4 Å². The van der Waals surface area contributed by atoms with Crippen molar-refractivity contribution in [3.63, 3.8) is 0 Å². The molecule has 6 heteroatoms. The van der Waals surface area contributed by atoms with Crippen LogP contribution < -0.4 is 10.6 Å². The highest BCUT2D eigenvalue weighted by molar-refractivity contribution is 7.98. The van der Waals surface area contributed by atoms with E-state index in [-0.39, 0.29) is 11.8 Å². The number of anilines is 2. The van der Waals surface area contributed by atoms with Crippen LogP contribution in [0.5, 0.6) is 0 Å². The van der Waals surface area contributed by atoms with Gasteiger partial charge in [-0.2, -0.15) is 0 Å². The van der Waals surface area contributed by atoms with E-state index in [0.717, 1.165) is 23.4 Å². The lowest BCUT2D eigenvalue weighted by Gasteiger charge is -2.11. The van der Waals surface area contributed by atoms with Crippen molar-refractivity contribution < 1.29 is 14.3 Å². The largest absolute Gasteiger partial charge is 0.368 e. The molecule has 2 aromatic carbocycles. The molecule has 1 aliphatic heterocycles. The summed E-state index contributed by atoms with van der Waals surface area (Å²) in [6.07, 6.45) is 3.22. The predicted octanol–water partition coefficient (Wildman–Crippen LogP) is 3.78. The second kappa shape index (κ2) is 8.18. The molecule has 25 heavy (non-hydrogen) atoms. The minimum absolute atomic E-state index is 0.164. The standard InChI is InChI=1S/C19H20N2O3S/c1-25-16-8-3-7-15(12-16)20-18(22)13-5-2-6-14(11-13)21-19(23)17-9-4-10-24-17/h2-3,5-8,11-12,17H,4,9-10H2,1H3,(H,20,22)(H,21,23). The van der Waals surface area contributed by atoms with E-state index in [4.69, 9.17) is 4.74 Å². The van der Waals surface area contributed by atoms with Gasteiger partial charge in [0.25, 0.3) is 11.8 Å². The van der Waals surface area contributed by atoms with Crippen molar-refractivity contribution in [2.24, 2.45) is 0 Å². The molecule has 2 aromatic rings. The van der Waals surface area contributed by atoms with Gasteiger partial charge in [0.05, 0.1) is 0 Å². The minimum Gasteiger partial charge on any atom is -0.368 e. The average Bonchev–Trinajstić information content (AvgIpc) is 3.17. The number of rotatable bonds is 5. The predicted molar refractivity (Wildman–Crippen MR) is 100 cm³/mol. The first-order valence-electron chi connectivity index (χ1n) is 8.13. The summed E-state index contributed by atoms with van der Waals surface area (Å²) >= 11 is 1.62. The molecule has 0 aromatic heterocycles. The van der Waals surface area contributed by atoms with E-state index in [2.05, 4.69) is 10.6 Å². The fourth-order valence-electron chi connectivity index (χ4n) is 2.65. The Morgan fingerprint density at radius 1 is 1.08 bits per heavy atom. The number of thioether (sulfide) groups is 1. The van der Waals surface area contributed by atoms with E-state index in [1.807, 2.05) is 30.5 Å². The number of ether oxygens (including phenoxy) is 1. The van der Waals surface area contributed by atoms with Crippen LogP contribution in [0.1, 0.15) is 23.2 Å². The van der Waals surface area contributed by atoms with Crippen LogP contribution in [-0.2, 0) is 9.53 Å². The smallest absolute Gasteiger partial charge is 0.255 e. The summed E-state index contributed by atoms with van der Waals surface area (Å²) in [5, 5.41) is 5.69. The molecule has 1 fully saturated rings. The Bertz CT molecular complexity index is 773. The lowest BCUT2D eigenvalue weighted by atomic mass is 10.1. The minimum atomic E-state index is -0.397. The molecule has 2 amide bonds. The van der Waals surface area contributed by atoms with Crippen LogP contribution in [0, 0.1) is 0 Å². The Morgan fingerprint density at radius 3 is 2.56 bits per heavy atom. The summed E-state index contributed by atoms with van der Waals surface area (Å²) in [5.74, 6) is -0.380. The van der Waals surface area contributed by atoms with Crippen molar-refractivity contribution in [3.8, 4) is 0 Å². The maximum atomic E-state index is 12.5. The maximum Gasteiger partial charge on any atom is 0.255 e. The molecule has 5 nitrogen and oxygen atoms in total. The van der Waals surface area contributed by atoms with Crippen molar-refractivity contribution in [2.75, 3.05) is 23.5 Å². The van der Waals surface area contributed by atoms with Gasteiger partial charge in [-0.05, 0) is 55.5 Å². The van der Waals surface area contributed by atoms with Crippen LogP contribution >= 0.6 is 11.8 Å². The number of carbonyl (C=O) groups excluding carboxylic acids is 2. The van der Waals surface area contributed by atoms with Gasteiger partial charge in [0, 0.05) is 28.4 Å². The molecular formula is C19H20N2O3S. The summed E-state index contributed by atoms with van der Waals surface area (Å²) in [5.41, 5.74) is 1.82. The second-order valence-electron chi connectivity index (χ2n) is 5.76. The lowest BCUT2D eigenvalue weighted by Crippen LogP contribution is -2.27. The van der Waals surface area contributed by atoms with Crippen molar-refractivity contribution in [1.82, 2.24) is 0 Å². The summed E-state index contributed by atoms with van der Waals surface area (Å²) < 4.78 is 5.37. The number of hydrogen-bond donors (Lipinski definition) is 2. The first-order valence-corrected chi connectivity index (χ1v) is 9.36. The van der Waals surface area contributed by atoms with Crippen LogP contribution in [0.4, 0.5) is 11.4 Å². The Kier molecular flexibility index (Phi) is 5.73. The van der Waals surface area contributed by atoms with Crippen LogP contribution in [0.2, 0.25) is 0 Å². The van der Waals surface area contributed by atoms with Gasteiger partial charge in [0.2, 0.25) is 0 Å². The summed E-state index contributed by atoms with van der Waals surface area (Å²) in [6, 6.07) is 14.6. The summed E-state index contributed by atoms with van der Waals surface area (Å²) in [4.78, 5) is 25.7. The molecule has 0 spiro atoms. The zero-order chi connectivity index (χ0) is 17.6. The van der Waals surface area contributed by atoms with E-state index >= 15 is 0 Å². The zero-order valence-electron chi connectivity index (χ0n) is 14.0. The summed E-state index contributed by atoms with van der Waals surface area (Å²) in [7, 11) is 0. The number of amides is 2. The first kappa shape index (κ1) is 17.5. The second-order valence-corrected chi connectivity index (χ2v) is 6.64. The molecule has 0 bridgehead atoms. The molecule has 1 aliphatic rings. The monoisotopic (exact) mass is 356 g/mol.